The van der Waals surface area contributed by atoms with Crippen LogP contribution in [0.4, 0.5) is 0 Å². The summed E-state index contributed by atoms with van der Waals surface area (Å²) in [4.78, 5) is 39.0. The highest BCUT2D eigenvalue weighted by atomic mass is 16.2. The molecular formula is C24H24N4O3. The van der Waals surface area contributed by atoms with E-state index in [1.807, 2.05) is 71.5 Å². The van der Waals surface area contributed by atoms with Crippen molar-refractivity contribution in [1.29, 1.82) is 0 Å². The molecule has 1 aliphatic rings. The summed E-state index contributed by atoms with van der Waals surface area (Å²) in [5, 5.41) is 4.77. The van der Waals surface area contributed by atoms with E-state index in [9.17, 15) is 14.4 Å². The predicted octanol–water partition coefficient (Wildman–Crippen LogP) is 3.04. The van der Waals surface area contributed by atoms with Crippen LogP contribution >= 0.6 is 0 Å². The van der Waals surface area contributed by atoms with Gasteiger partial charge in [0.25, 0.3) is 0 Å². The van der Waals surface area contributed by atoms with Gasteiger partial charge in [-0.05, 0) is 12.1 Å². The maximum atomic E-state index is 12.7. The van der Waals surface area contributed by atoms with Gasteiger partial charge in [0.05, 0.1) is 11.4 Å². The first-order chi connectivity index (χ1) is 15.0. The molecule has 1 fully saturated rings. The third-order valence-electron chi connectivity index (χ3n) is 5.40. The van der Waals surface area contributed by atoms with Crippen LogP contribution in [0.2, 0.25) is 0 Å². The van der Waals surface area contributed by atoms with E-state index >= 15 is 0 Å². The first kappa shape index (κ1) is 20.5. The molecule has 1 aliphatic heterocycles. The maximum Gasteiger partial charge on any atom is 0.229 e. The summed E-state index contributed by atoms with van der Waals surface area (Å²) in [6, 6.07) is 19.7. The second-order valence-electron chi connectivity index (χ2n) is 7.59. The molecule has 0 saturated carbocycles. The average Bonchev–Trinajstić information content (AvgIpc) is 3.36. The van der Waals surface area contributed by atoms with Gasteiger partial charge in [-0.25, -0.2) is 4.68 Å². The van der Waals surface area contributed by atoms with Crippen LogP contribution in [0, 0.1) is 0 Å². The average molecular weight is 416 g/mol. The zero-order valence-corrected chi connectivity index (χ0v) is 17.4. The summed E-state index contributed by atoms with van der Waals surface area (Å²) in [5.74, 6) is -0.522. The molecule has 7 heteroatoms. The summed E-state index contributed by atoms with van der Waals surface area (Å²) in [5.41, 5.74) is 3.64. The Balaban J connectivity index is 1.52. The summed E-state index contributed by atoms with van der Waals surface area (Å²) in [6.45, 7) is 0.507. The zero-order chi connectivity index (χ0) is 21.8. The number of carbonyl (C=O) groups excluding carboxylic acids is 3. The Morgan fingerprint density at radius 1 is 0.968 bits per heavy atom. The molecule has 4 rings (SSSR count). The van der Waals surface area contributed by atoms with Crippen molar-refractivity contribution in [3.05, 3.63) is 72.4 Å². The van der Waals surface area contributed by atoms with E-state index in [0.717, 1.165) is 22.5 Å². The van der Waals surface area contributed by atoms with Crippen molar-refractivity contribution in [2.45, 2.75) is 25.8 Å². The van der Waals surface area contributed by atoms with Gasteiger partial charge in [-0.3, -0.25) is 19.3 Å². The summed E-state index contributed by atoms with van der Waals surface area (Å²) in [6.07, 6.45) is 2.53. The number of benzene rings is 2. The van der Waals surface area contributed by atoms with Gasteiger partial charge < -0.3 is 4.90 Å². The zero-order valence-electron chi connectivity index (χ0n) is 17.4. The molecule has 0 radical (unpaired) electrons. The minimum absolute atomic E-state index is 0.113. The lowest BCUT2D eigenvalue weighted by atomic mass is 10.1. The predicted molar refractivity (Wildman–Crippen MR) is 116 cm³/mol. The van der Waals surface area contributed by atoms with Gasteiger partial charge in [-0.1, -0.05) is 48.5 Å². The number of imide groups is 1. The number of aromatic nitrogens is 2. The molecule has 0 unspecified atom stereocenters. The largest absolute Gasteiger partial charge is 0.341 e. The second-order valence-corrected chi connectivity index (χ2v) is 7.59. The van der Waals surface area contributed by atoms with Crippen LogP contribution in [-0.2, 0) is 20.9 Å². The van der Waals surface area contributed by atoms with Gasteiger partial charge in [0.2, 0.25) is 17.7 Å². The van der Waals surface area contributed by atoms with Gasteiger partial charge in [-0.15, -0.1) is 0 Å². The number of nitrogens with zero attached hydrogens (tertiary/aromatic N) is 4. The Labute approximate surface area is 180 Å². The van der Waals surface area contributed by atoms with Crippen molar-refractivity contribution in [1.82, 2.24) is 19.6 Å². The fourth-order valence-electron chi connectivity index (χ4n) is 3.69. The minimum atomic E-state index is -0.198. The van der Waals surface area contributed by atoms with E-state index in [4.69, 9.17) is 5.10 Å². The fraction of sp³-hybridized carbons (Fsp3) is 0.250. The molecule has 3 amide bonds. The first-order valence-electron chi connectivity index (χ1n) is 10.3. The molecule has 158 valence electrons. The van der Waals surface area contributed by atoms with Crippen molar-refractivity contribution < 1.29 is 14.4 Å². The number of carbonyl (C=O) groups is 3. The van der Waals surface area contributed by atoms with Crippen LogP contribution in [0.1, 0.15) is 24.8 Å². The highest BCUT2D eigenvalue weighted by Crippen LogP contribution is 2.25. The van der Waals surface area contributed by atoms with Crippen LogP contribution in [0.5, 0.6) is 0 Å². The Hall–Kier alpha value is -3.74. The lowest BCUT2D eigenvalue weighted by Gasteiger charge is -2.19. The molecule has 0 bridgehead atoms. The third-order valence-corrected chi connectivity index (χ3v) is 5.40. The van der Waals surface area contributed by atoms with Gasteiger partial charge in [0, 0.05) is 56.7 Å². The lowest BCUT2D eigenvalue weighted by molar-refractivity contribution is -0.139. The van der Waals surface area contributed by atoms with Gasteiger partial charge in [-0.2, -0.15) is 5.10 Å². The highest BCUT2D eigenvalue weighted by Gasteiger charge is 2.29. The molecular weight excluding hydrogens is 392 g/mol. The number of rotatable bonds is 7. The summed E-state index contributed by atoms with van der Waals surface area (Å²) < 4.78 is 1.82. The molecule has 0 atom stereocenters. The van der Waals surface area contributed by atoms with E-state index in [1.165, 1.54) is 4.90 Å². The summed E-state index contributed by atoms with van der Waals surface area (Å²) in [7, 11) is 1.73. The maximum absolute atomic E-state index is 12.7. The Bertz CT molecular complexity index is 1080. The van der Waals surface area contributed by atoms with E-state index in [-0.39, 0.29) is 43.5 Å². The molecule has 0 N–H and O–H groups in total. The van der Waals surface area contributed by atoms with Crippen molar-refractivity contribution in [2.75, 3.05) is 13.6 Å². The second kappa shape index (κ2) is 8.95. The van der Waals surface area contributed by atoms with Crippen molar-refractivity contribution in [3.63, 3.8) is 0 Å². The molecule has 0 aliphatic carbocycles. The Morgan fingerprint density at radius 3 is 2.23 bits per heavy atom. The molecule has 7 nitrogen and oxygen atoms in total. The topological polar surface area (TPSA) is 75.5 Å². The molecule has 3 aromatic rings. The van der Waals surface area contributed by atoms with E-state index in [0.29, 0.717) is 6.54 Å². The van der Waals surface area contributed by atoms with Crippen molar-refractivity contribution in [2.24, 2.45) is 0 Å². The lowest BCUT2D eigenvalue weighted by Crippen LogP contribution is -2.34. The highest BCUT2D eigenvalue weighted by molar-refractivity contribution is 6.02. The van der Waals surface area contributed by atoms with E-state index in [2.05, 4.69) is 0 Å². The molecule has 2 heterocycles. The molecule has 2 aromatic carbocycles. The number of hydrogen-bond acceptors (Lipinski definition) is 4. The Kier molecular flexibility index (Phi) is 5.93. The minimum Gasteiger partial charge on any atom is -0.341 e. The van der Waals surface area contributed by atoms with Crippen LogP contribution in [0.3, 0.4) is 0 Å². The number of amides is 3. The number of likely N-dealkylation sites (tertiary alicyclic amines) is 1. The van der Waals surface area contributed by atoms with Crippen LogP contribution < -0.4 is 0 Å². The third kappa shape index (κ3) is 4.55. The monoisotopic (exact) mass is 416 g/mol. The standard InChI is InChI=1S/C24H24N4O3/c1-26(21(29)14-15-27-22(30)12-13-23(27)31)16-19-17-28(20-10-6-3-7-11-20)25-24(19)18-8-4-2-5-9-18/h2-11,17H,12-16H2,1H3. The van der Waals surface area contributed by atoms with E-state index < -0.39 is 0 Å². The van der Waals surface area contributed by atoms with Crippen molar-refractivity contribution >= 4 is 17.7 Å². The van der Waals surface area contributed by atoms with Crippen LogP contribution in [0.15, 0.2) is 66.9 Å². The molecule has 31 heavy (non-hydrogen) atoms. The smallest absolute Gasteiger partial charge is 0.229 e. The van der Waals surface area contributed by atoms with Crippen molar-refractivity contribution in [3.8, 4) is 16.9 Å². The van der Waals surface area contributed by atoms with Gasteiger partial charge >= 0.3 is 0 Å². The SMILES string of the molecule is CN(Cc1cn(-c2ccccc2)nc1-c1ccccc1)C(=O)CCN1C(=O)CCC1=O. The van der Waals surface area contributed by atoms with Gasteiger partial charge in [0.1, 0.15) is 0 Å². The number of para-hydroxylation sites is 1. The summed E-state index contributed by atoms with van der Waals surface area (Å²) >= 11 is 0. The molecule has 1 saturated heterocycles. The molecule has 0 spiro atoms. The molecule has 1 aromatic heterocycles. The van der Waals surface area contributed by atoms with Gasteiger partial charge in [0.15, 0.2) is 0 Å². The van der Waals surface area contributed by atoms with E-state index in [1.54, 1.807) is 11.9 Å². The first-order valence-corrected chi connectivity index (χ1v) is 10.3. The van der Waals surface area contributed by atoms with Crippen LogP contribution in [-0.4, -0.2) is 50.9 Å². The fourth-order valence-corrected chi connectivity index (χ4v) is 3.69. The Morgan fingerprint density at radius 2 is 1.58 bits per heavy atom. The quantitative estimate of drug-likeness (QED) is 0.555. The van der Waals surface area contributed by atoms with Crippen LogP contribution in [0.25, 0.3) is 16.9 Å². The normalized spacial score (nSPS) is 13.6. The number of hydrogen-bond donors (Lipinski definition) is 0.